The van der Waals surface area contributed by atoms with Crippen molar-refractivity contribution in [2.24, 2.45) is 0 Å². The molecule has 0 heterocycles. The van der Waals surface area contributed by atoms with Crippen molar-refractivity contribution in [2.45, 2.75) is 31.6 Å². The summed E-state index contributed by atoms with van der Waals surface area (Å²) in [5, 5.41) is 0. The van der Waals surface area contributed by atoms with E-state index in [0.717, 1.165) is 35.6 Å². The molecule has 0 aromatic heterocycles. The molecule has 86 valence electrons. The zero-order valence-corrected chi connectivity index (χ0v) is 11.2. The van der Waals surface area contributed by atoms with Gasteiger partial charge in [-0.25, -0.2) is 0 Å². The van der Waals surface area contributed by atoms with E-state index >= 15 is 0 Å². The predicted octanol–water partition coefficient (Wildman–Crippen LogP) is 4.22. The molecule has 1 atom stereocenters. The third-order valence-electron chi connectivity index (χ3n) is 2.90. The highest BCUT2D eigenvalue weighted by Crippen LogP contribution is 2.37. The van der Waals surface area contributed by atoms with Gasteiger partial charge in [-0.3, -0.25) is 0 Å². The van der Waals surface area contributed by atoms with Crippen molar-refractivity contribution in [2.75, 3.05) is 0 Å². The average molecular weight is 281 g/mol. The highest BCUT2D eigenvalue weighted by Gasteiger charge is 2.33. The number of hydrogen-bond acceptors (Lipinski definition) is 1. The lowest BCUT2D eigenvalue weighted by atomic mass is 9.78. The summed E-state index contributed by atoms with van der Waals surface area (Å²) in [6.45, 7) is 6.04. The number of aldehydes is 1. The summed E-state index contributed by atoms with van der Waals surface area (Å²) in [7, 11) is 0. The molecule has 0 bridgehead atoms. The molecule has 1 unspecified atom stereocenters. The molecule has 0 aliphatic heterocycles. The molecule has 0 aliphatic rings. The van der Waals surface area contributed by atoms with Crippen molar-refractivity contribution in [3.8, 4) is 0 Å². The quantitative estimate of drug-likeness (QED) is 0.713. The Kier molecular flexibility index (Phi) is 4.94. The van der Waals surface area contributed by atoms with Crippen LogP contribution in [0.15, 0.2) is 41.4 Å². The first-order chi connectivity index (χ1) is 7.67. The minimum Gasteiger partial charge on any atom is -0.302 e. The van der Waals surface area contributed by atoms with Crippen LogP contribution in [0.2, 0.25) is 0 Å². The zero-order valence-electron chi connectivity index (χ0n) is 9.58. The predicted molar refractivity (Wildman–Crippen MR) is 71.8 cm³/mol. The maximum absolute atomic E-state index is 11.5. The Morgan fingerprint density at radius 3 is 2.50 bits per heavy atom. The van der Waals surface area contributed by atoms with E-state index in [1.54, 1.807) is 0 Å². The van der Waals surface area contributed by atoms with Gasteiger partial charge in [-0.05, 0) is 12.0 Å². The third-order valence-corrected chi connectivity index (χ3v) is 3.61. The first-order valence-corrected chi connectivity index (χ1v) is 6.33. The molecular formula is C14H17BrO. The SMILES string of the molecule is C=C(Br)C(C=O)(CCCC)c1ccccc1. The number of allylic oxidation sites excluding steroid dienone is 1. The fourth-order valence-electron chi connectivity index (χ4n) is 1.82. The highest BCUT2D eigenvalue weighted by molar-refractivity contribution is 9.11. The van der Waals surface area contributed by atoms with Gasteiger partial charge >= 0.3 is 0 Å². The van der Waals surface area contributed by atoms with E-state index in [2.05, 4.69) is 29.4 Å². The van der Waals surface area contributed by atoms with Gasteiger partial charge in [0, 0.05) is 4.48 Å². The number of carbonyl (C=O) groups is 1. The molecule has 1 rings (SSSR count). The molecule has 0 saturated carbocycles. The Bertz CT molecular complexity index is 358. The summed E-state index contributed by atoms with van der Waals surface area (Å²) >= 11 is 3.40. The molecule has 0 aliphatic carbocycles. The van der Waals surface area contributed by atoms with Gasteiger partial charge in [0.1, 0.15) is 6.29 Å². The first-order valence-electron chi connectivity index (χ1n) is 5.54. The van der Waals surface area contributed by atoms with Gasteiger partial charge in [0.2, 0.25) is 0 Å². The largest absolute Gasteiger partial charge is 0.302 e. The van der Waals surface area contributed by atoms with Gasteiger partial charge in [-0.1, -0.05) is 72.6 Å². The minimum atomic E-state index is -0.572. The van der Waals surface area contributed by atoms with Crippen LogP contribution in [-0.2, 0) is 10.2 Å². The van der Waals surface area contributed by atoms with Crippen LogP contribution in [0.1, 0.15) is 31.7 Å². The molecule has 1 aromatic rings. The second-order valence-corrected chi connectivity index (χ2v) is 4.92. The summed E-state index contributed by atoms with van der Waals surface area (Å²) in [6.07, 6.45) is 3.90. The lowest BCUT2D eigenvalue weighted by Crippen LogP contribution is -2.28. The highest BCUT2D eigenvalue weighted by atomic mass is 79.9. The van der Waals surface area contributed by atoms with Crippen molar-refractivity contribution < 1.29 is 4.79 Å². The summed E-state index contributed by atoms with van der Waals surface area (Å²) < 4.78 is 0.745. The van der Waals surface area contributed by atoms with Crippen LogP contribution < -0.4 is 0 Å². The second-order valence-electron chi connectivity index (χ2n) is 3.96. The van der Waals surface area contributed by atoms with Crippen LogP contribution >= 0.6 is 15.9 Å². The van der Waals surface area contributed by atoms with E-state index in [-0.39, 0.29) is 0 Å². The molecule has 0 amide bonds. The van der Waals surface area contributed by atoms with Crippen molar-refractivity contribution in [1.82, 2.24) is 0 Å². The standard InChI is InChI=1S/C14H17BrO/c1-3-4-10-14(11-16,12(2)15)13-8-6-5-7-9-13/h5-9,11H,2-4,10H2,1H3. The van der Waals surface area contributed by atoms with Gasteiger partial charge in [0.15, 0.2) is 0 Å². The average Bonchev–Trinajstić information content (AvgIpc) is 2.31. The number of hydrogen-bond donors (Lipinski definition) is 0. The molecule has 1 aromatic carbocycles. The van der Waals surface area contributed by atoms with Gasteiger partial charge in [0.05, 0.1) is 5.41 Å². The fraction of sp³-hybridized carbons (Fsp3) is 0.357. The first kappa shape index (κ1) is 13.2. The molecule has 2 heteroatoms. The topological polar surface area (TPSA) is 17.1 Å². The smallest absolute Gasteiger partial charge is 0.135 e. The van der Waals surface area contributed by atoms with Crippen molar-refractivity contribution in [3.63, 3.8) is 0 Å². The summed E-state index contributed by atoms with van der Waals surface area (Å²) in [4.78, 5) is 11.5. The molecule has 0 fully saturated rings. The van der Waals surface area contributed by atoms with Crippen molar-refractivity contribution in [1.29, 1.82) is 0 Å². The number of benzene rings is 1. The van der Waals surface area contributed by atoms with E-state index in [4.69, 9.17) is 0 Å². The molecule has 0 N–H and O–H groups in total. The van der Waals surface area contributed by atoms with E-state index < -0.39 is 5.41 Å². The van der Waals surface area contributed by atoms with Gasteiger partial charge < -0.3 is 4.79 Å². The van der Waals surface area contributed by atoms with Gasteiger partial charge in [-0.15, -0.1) is 0 Å². The maximum Gasteiger partial charge on any atom is 0.135 e. The Hall–Kier alpha value is -0.890. The minimum absolute atomic E-state index is 0.572. The van der Waals surface area contributed by atoms with E-state index in [9.17, 15) is 4.79 Å². The van der Waals surface area contributed by atoms with Crippen LogP contribution in [0.25, 0.3) is 0 Å². The lowest BCUT2D eigenvalue weighted by molar-refractivity contribution is -0.111. The van der Waals surface area contributed by atoms with Gasteiger partial charge in [0.25, 0.3) is 0 Å². The lowest BCUT2D eigenvalue weighted by Gasteiger charge is -2.28. The molecule has 0 saturated heterocycles. The normalized spacial score (nSPS) is 14.1. The van der Waals surface area contributed by atoms with Gasteiger partial charge in [-0.2, -0.15) is 0 Å². The summed E-state index contributed by atoms with van der Waals surface area (Å²) in [5.41, 5.74) is 0.442. The Morgan fingerprint density at radius 2 is 2.06 bits per heavy atom. The Morgan fingerprint density at radius 1 is 1.44 bits per heavy atom. The molecule has 0 radical (unpaired) electrons. The monoisotopic (exact) mass is 280 g/mol. The van der Waals surface area contributed by atoms with Crippen LogP contribution in [0.3, 0.4) is 0 Å². The Labute approximate surface area is 106 Å². The van der Waals surface area contributed by atoms with Crippen molar-refractivity contribution in [3.05, 3.63) is 47.0 Å². The number of halogens is 1. The van der Waals surface area contributed by atoms with Crippen LogP contribution in [0, 0.1) is 0 Å². The van der Waals surface area contributed by atoms with Crippen LogP contribution in [-0.4, -0.2) is 6.29 Å². The summed E-state index contributed by atoms with van der Waals surface area (Å²) in [5.74, 6) is 0. The molecular weight excluding hydrogens is 264 g/mol. The maximum atomic E-state index is 11.5. The zero-order chi connectivity index (χ0) is 12.0. The van der Waals surface area contributed by atoms with Crippen molar-refractivity contribution >= 4 is 22.2 Å². The van der Waals surface area contributed by atoms with Crippen LogP contribution in [0.4, 0.5) is 0 Å². The number of carbonyl (C=O) groups excluding carboxylic acids is 1. The third kappa shape index (κ3) is 2.62. The van der Waals surface area contributed by atoms with E-state index in [1.165, 1.54) is 0 Å². The van der Waals surface area contributed by atoms with E-state index in [0.29, 0.717) is 0 Å². The molecule has 0 spiro atoms. The number of rotatable bonds is 6. The number of unbranched alkanes of at least 4 members (excludes halogenated alkanes) is 1. The molecule has 1 nitrogen and oxygen atoms in total. The van der Waals surface area contributed by atoms with E-state index in [1.807, 2.05) is 30.3 Å². The molecule has 16 heavy (non-hydrogen) atoms. The Balaban J connectivity index is 3.12. The fourth-order valence-corrected chi connectivity index (χ4v) is 2.34. The summed E-state index contributed by atoms with van der Waals surface area (Å²) in [6, 6.07) is 9.83. The second kappa shape index (κ2) is 6.00. The van der Waals surface area contributed by atoms with Crippen LogP contribution in [0.5, 0.6) is 0 Å².